The highest BCUT2D eigenvalue weighted by atomic mass is 32.1. The second-order valence-electron chi connectivity index (χ2n) is 4.44. The van der Waals surface area contributed by atoms with Gasteiger partial charge in [0.15, 0.2) is 0 Å². The number of benzene rings is 1. The lowest BCUT2D eigenvalue weighted by Gasteiger charge is -2.28. The van der Waals surface area contributed by atoms with Crippen molar-refractivity contribution in [2.75, 3.05) is 11.9 Å². The highest BCUT2D eigenvalue weighted by Crippen LogP contribution is 2.18. The lowest BCUT2D eigenvalue weighted by molar-refractivity contribution is -0.143. The van der Waals surface area contributed by atoms with Crippen LogP contribution in [-0.2, 0) is 22.6 Å². The molecule has 1 aromatic heterocycles. The Morgan fingerprint density at radius 1 is 1.25 bits per heavy atom. The van der Waals surface area contributed by atoms with Crippen molar-refractivity contribution in [3.8, 4) is 0 Å². The smallest absolute Gasteiger partial charge is 0.315 e. The molecule has 1 aromatic carbocycles. The number of amides is 2. The number of fused-ring (bicyclic) bond motifs is 1. The molecule has 1 aliphatic rings. The topological polar surface area (TPSA) is 75.2 Å². The fourth-order valence-electron chi connectivity index (χ4n) is 2.19. The van der Waals surface area contributed by atoms with Gasteiger partial charge in [0, 0.05) is 13.1 Å². The number of nitrogens with one attached hydrogen (secondary N) is 1. The van der Waals surface area contributed by atoms with E-state index in [-0.39, 0.29) is 0 Å². The van der Waals surface area contributed by atoms with Crippen molar-refractivity contribution in [2.45, 2.75) is 13.0 Å². The van der Waals surface area contributed by atoms with E-state index in [1.165, 1.54) is 22.4 Å². The van der Waals surface area contributed by atoms with E-state index >= 15 is 0 Å². The maximum Gasteiger partial charge on any atom is 0.315 e. The molecule has 0 spiro atoms. The number of anilines is 1. The van der Waals surface area contributed by atoms with Crippen LogP contribution in [0.25, 0.3) is 0 Å². The Morgan fingerprint density at radius 2 is 2.05 bits per heavy atom. The van der Waals surface area contributed by atoms with E-state index in [1.807, 2.05) is 18.2 Å². The zero-order valence-electron chi connectivity index (χ0n) is 10.6. The summed E-state index contributed by atoms with van der Waals surface area (Å²) in [5, 5.41) is 10.1. The quantitative estimate of drug-likeness (QED) is 0.796. The molecule has 3 rings (SSSR count). The Labute approximate surface area is 119 Å². The van der Waals surface area contributed by atoms with Crippen molar-refractivity contribution in [2.24, 2.45) is 0 Å². The molecule has 1 aliphatic heterocycles. The van der Waals surface area contributed by atoms with Crippen LogP contribution in [0.15, 0.2) is 29.8 Å². The molecule has 2 amide bonds. The molecule has 0 bridgehead atoms. The molecule has 1 N–H and O–H groups in total. The molecule has 0 saturated heterocycles. The first-order chi connectivity index (χ1) is 9.74. The molecule has 2 heterocycles. The molecule has 20 heavy (non-hydrogen) atoms. The molecule has 7 heteroatoms. The molecule has 0 saturated carbocycles. The van der Waals surface area contributed by atoms with Gasteiger partial charge in [-0.25, -0.2) is 0 Å². The zero-order chi connectivity index (χ0) is 13.9. The van der Waals surface area contributed by atoms with Crippen molar-refractivity contribution < 1.29 is 9.59 Å². The van der Waals surface area contributed by atoms with Gasteiger partial charge in [-0.1, -0.05) is 35.6 Å². The second kappa shape index (κ2) is 5.38. The van der Waals surface area contributed by atoms with Crippen LogP contribution in [0, 0.1) is 0 Å². The van der Waals surface area contributed by atoms with Crippen molar-refractivity contribution in [3.05, 3.63) is 40.9 Å². The van der Waals surface area contributed by atoms with Gasteiger partial charge in [-0.2, -0.15) is 0 Å². The van der Waals surface area contributed by atoms with Crippen LogP contribution in [0.4, 0.5) is 5.13 Å². The normalized spacial score (nSPS) is 13.7. The summed E-state index contributed by atoms with van der Waals surface area (Å²) in [7, 11) is 0. The van der Waals surface area contributed by atoms with Crippen molar-refractivity contribution in [3.63, 3.8) is 0 Å². The first-order valence-corrected chi connectivity index (χ1v) is 7.05. The number of nitrogens with zero attached hydrogens (tertiary/aromatic N) is 3. The first kappa shape index (κ1) is 12.7. The fourth-order valence-corrected chi connectivity index (χ4v) is 2.63. The zero-order valence-corrected chi connectivity index (χ0v) is 11.4. The Balaban J connectivity index is 1.68. The number of carbonyl (C=O) groups is 2. The van der Waals surface area contributed by atoms with E-state index < -0.39 is 11.8 Å². The van der Waals surface area contributed by atoms with Gasteiger partial charge in [-0.3, -0.25) is 14.9 Å². The van der Waals surface area contributed by atoms with Gasteiger partial charge in [0.1, 0.15) is 5.51 Å². The van der Waals surface area contributed by atoms with E-state index in [0.29, 0.717) is 18.2 Å². The third-order valence-corrected chi connectivity index (χ3v) is 3.80. The third-order valence-electron chi connectivity index (χ3n) is 3.19. The van der Waals surface area contributed by atoms with Crippen LogP contribution in [0.1, 0.15) is 11.1 Å². The van der Waals surface area contributed by atoms with E-state index in [1.54, 1.807) is 4.90 Å². The minimum absolute atomic E-state index is 0.334. The van der Waals surface area contributed by atoms with Gasteiger partial charge in [-0.05, 0) is 17.5 Å². The summed E-state index contributed by atoms with van der Waals surface area (Å²) in [5.41, 5.74) is 3.83. The number of hydrogen-bond donors (Lipinski definition) is 1. The van der Waals surface area contributed by atoms with Gasteiger partial charge in [0.25, 0.3) is 0 Å². The van der Waals surface area contributed by atoms with Crippen LogP contribution in [-0.4, -0.2) is 33.5 Å². The van der Waals surface area contributed by atoms with Crippen LogP contribution in [0.5, 0.6) is 0 Å². The monoisotopic (exact) mass is 288 g/mol. The van der Waals surface area contributed by atoms with Crippen LogP contribution in [0.3, 0.4) is 0 Å². The van der Waals surface area contributed by atoms with Crippen LogP contribution >= 0.6 is 11.3 Å². The highest BCUT2D eigenvalue weighted by molar-refractivity contribution is 7.13. The van der Waals surface area contributed by atoms with Gasteiger partial charge in [0.05, 0.1) is 0 Å². The van der Waals surface area contributed by atoms with E-state index in [2.05, 4.69) is 21.6 Å². The SMILES string of the molecule is O=C(Nc1nncs1)C(=O)N1CCc2ccccc2C1. The molecule has 0 radical (unpaired) electrons. The van der Waals surface area contributed by atoms with Crippen molar-refractivity contribution >= 4 is 28.3 Å². The summed E-state index contributed by atoms with van der Waals surface area (Å²) in [6.07, 6.45) is 0.772. The lowest BCUT2D eigenvalue weighted by atomic mass is 10.00. The molecule has 2 aromatic rings. The van der Waals surface area contributed by atoms with Crippen LogP contribution in [0.2, 0.25) is 0 Å². The van der Waals surface area contributed by atoms with Crippen LogP contribution < -0.4 is 5.32 Å². The Bertz CT molecular complexity index is 642. The Hall–Kier alpha value is -2.28. The predicted octanol–water partition coefficient (Wildman–Crippen LogP) is 1.06. The van der Waals surface area contributed by atoms with Gasteiger partial charge in [0.2, 0.25) is 5.13 Å². The lowest BCUT2D eigenvalue weighted by Crippen LogP contribution is -2.42. The van der Waals surface area contributed by atoms with E-state index in [9.17, 15) is 9.59 Å². The molecular weight excluding hydrogens is 276 g/mol. The number of carbonyl (C=O) groups excluding carboxylic acids is 2. The minimum atomic E-state index is -0.666. The highest BCUT2D eigenvalue weighted by Gasteiger charge is 2.26. The van der Waals surface area contributed by atoms with E-state index in [4.69, 9.17) is 0 Å². The summed E-state index contributed by atoms with van der Waals surface area (Å²) in [6, 6.07) is 7.96. The Morgan fingerprint density at radius 3 is 2.80 bits per heavy atom. The molecule has 0 unspecified atom stereocenters. The summed E-state index contributed by atoms with van der Waals surface area (Å²) in [5.74, 6) is -1.20. The summed E-state index contributed by atoms with van der Waals surface area (Å²) < 4.78 is 0. The number of rotatable bonds is 1. The average Bonchev–Trinajstić information content (AvgIpc) is 2.99. The van der Waals surface area contributed by atoms with Gasteiger partial charge < -0.3 is 4.90 Å². The fraction of sp³-hybridized carbons (Fsp3) is 0.231. The van der Waals surface area contributed by atoms with Gasteiger partial charge in [-0.15, -0.1) is 10.2 Å². The van der Waals surface area contributed by atoms with E-state index in [0.717, 1.165) is 12.0 Å². The first-order valence-electron chi connectivity index (χ1n) is 6.17. The molecular formula is C13H12N4O2S. The molecule has 0 fully saturated rings. The second-order valence-corrected chi connectivity index (χ2v) is 5.28. The minimum Gasteiger partial charge on any atom is -0.330 e. The maximum atomic E-state index is 12.1. The Kier molecular flexibility index (Phi) is 3.42. The number of hydrogen-bond acceptors (Lipinski definition) is 5. The number of aromatic nitrogens is 2. The van der Waals surface area contributed by atoms with Crippen molar-refractivity contribution in [1.29, 1.82) is 0 Å². The summed E-state index contributed by atoms with van der Waals surface area (Å²) in [4.78, 5) is 25.5. The van der Waals surface area contributed by atoms with Gasteiger partial charge >= 0.3 is 11.8 Å². The molecule has 102 valence electrons. The summed E-state index contributed by atoms with van der Waals surface area (Å²) in [6.45, 7) is 1.03. The molecule has 0 atom stereocenters. The predicted molar refractivity (Wildman–Crippen MR) is 74.1 cm³/mol. The average molecular weight is 288 g/mol. The summed E-state index contributed by atoms with van der Waals surface area (Å²) >= 11 is 1.18. The van der Waals surface area contributed by atoms with Crippen molar-refractivity contribution in [1.82, 2.24) is 15.1 Å². The molecule has 0 aliphatic carbocycles. The maximum absolute atomic E-state index is 12.1. The standard InChI is InChI=1S/C13H12N4O2S/c18-11(15-13-16-14-8-20-13)12(19)17-6-5-9-3-1-2-4-10(9)7-17/h1-4,8H,5-7H2,(H,15,16,18). The third kappa shape index (κ3) is 2.53. The largest absolute Gasteiger partial charge is 0.330 e. The molecule has 6 nitrogen and oxygen atoms in total.